The SMILES string of the molecule is CC(C)CNCc1ccc(N(C)CC2CCC2)nn1. The number of aromatic nitrogens is 2. The van der Waals surface area contributed by atoms with Gasteiger partial charge in [0.1, 0.15) is 0 Å². The Balaban J connectivity index is 1.79. The number of hydrogen-bond donors (Lipinski definition) is 1. The molecule has 1 heterocycles. The highest BCUT2D eigenvalue weighted by Crippen LogP contribution is 2.27. The van der Waals surface area contributed by atoms with E-state index in [0.717, 1.165) is 37.1 Å². The molecule has 1 N–H and O–H groups in total. The van der Waals surface area contributed by atoms with Gasteiger partial charge < -0.3 is 10.2 Å². The quantitative estimate of drug-likeness (QED) is 0.819. The normalized spacial score (nSPS) is 15.6. The Morgan fingerprint density at radius 2 is 2.11 bits per heavy atom. The van der Waals surface area contributed by atoms with Gasteiger partial charge in [-0.2, -0.15) is 5.10 Å². The molecule has 4 nitrogen and oxygen atoms in total. The van der Waals surface area contributed by atoms with Crippen LogP contribution in [0, 0.1) is 11.8 Å². The minimum atomic E-state index is 0.667. The zero-order chi connectivity index (χ0) is 13.7. The van der Waals surface area contributed by atoms with E-state index in [2.05, 4.69) is 53.4 Å². The molecule has 1 aromatic rings. The van der Waals surface area contributed by atoms with E-state index >= 15 is 0 Å². The third kappa shape index (κ3) is 4.46. The Kier molecular flexibility index (Phi) is 5.14. The van der Waals surface area contributed by atoms with E-state index in [4.69, 9.17) is 0 Å². The average molecular weight is 262 g/mol. The molecule has 0 spiro atoms. The molecular weight excluding hydrogens is 236 g/mol. The largest absolute Gasteiger partial charge is 0.358 e. The maximum Gasteiger partial charge on any atom is 0.150 e. The summed E-state index contributed by atoms with van der Waals surface area (Å²) in [5.41, 5.74) is 1.02. The Morgan fingerprint density at radius 1 is 1.32 bits per heavy atom. The first-order chi connectivity index (χ1) is 9.15. The molecule has 1 aliphatic carbocycles. The first-order valence-corrected chi connectivity index (χ1v) is 7.39. The minimum Gasteiger partial charge on any atom is -0.358 e. The molecular formula is C15H26N4. The topological polar surface area (TPSA) is 41.0 Å². The summed E-state index contributed by atoms with van der Waals surface area (Å²) in [6.07, 6.45) is 4.13. The first-order valence-electron chi connectivity index (χ1n) is 7.39. The van der Waals surface area contributed by atoms with Gasteiger partial charge in [-0.1, -0.05) is 20.3 Å². The van der Waals surface area contributed by atoms with Crippen molar-refractivity contribution in [3.8, 4) is 0 Å². The minimum absolute atomic E-state index is 0.667. The molecule has 0 aromatic carbocycles. The molecule has 0 atom stereocenters. The highest BCUT2D eigenvalue weighted by molar-refractivity contribution is 5.36. The van der Waals surface area contributed by atoms with Gasteiger partial charge in [0.05, 0.1) is 5.69 Å². The lowest BCUT2D eigenvalue weighted by Crippen LogP contribution is -2.30. The second kappa shape index (κ2) is 6.85. The summed E-state index contributed by atoms with van der Waals surface area (Å²) in [5.74, 6) is 2.51. The summed E-state index contributed by atoms with van der Waals surface area (Å²) >= 11 is 0. The molecule has 0 unspecified atom stereocenters. The fourth-order valence-electron chi connectivity index (χ4n) is 2.30. The molecule has 0 radical (unpaired) electrons. The fourth-order valence-corrected chi connectivity index (χ4v) is 2.30. The summed E-state index contributed by atoms with van der Waals surface area (Å²) in [6, 6.07) is 4.16. The summed E-state index contributed by atoms with van der Waals surface area (Å²) in [7, 11) is 2.11. The predicted molar refractivity (Wildman–Crippen MR) is 79.2 cm³/mol. The maximum atomic E-state index is 4.32. The van der Waals surface area contributed by atoms with Crippen LogP contribution in [0.2, 0.25) is 0 Å². The summed E-state index contributed by atoms with van der Waals surface area (Å²) in [4.78, 5) is 2.22. The van der Waals surface area contributed by atoms with Gasteiger partial charge in [0.25, 0.3) is 0 Å². The van der Waals surface area contributed by atoms with Crippen molar-refractivity contribution in [2.24, 2.45) is 11.8 Å². The van der Waals surface area contributed by atoms with Crippen LogP contribution in [-0.4, -0.2) is 30.3 Å². The van der Waals surface area contributed by atoms with Crippen LogP contribution in [0.25, 0.3) is 0 Å². The maximum absolute atomic E-state index is 4.32. The molecule has 19 heavy (non-hydrogen) atoms. The van der Waals surface area contributed by atoms with Crippen molar-refractivity contribution in [2.75, 3.05) is 25.0 Å². The lowest BCUT2D eigenvalue weighted by Gasteiger charge is -2.30. The first kappa shape index (κ1) is 14.3. The molecule has 4 heteroatoms. The summed E-state index contributed by atoms with van der Waals surface area (Å²) < 4.78 is 0. The monoisotopic (exact) mass is 262 g/mol. The van der Waals surface area contributed by atoms with Gasteiger partial charge in [-0.15, -0.1) is 5.10 Å². The Bertz CT molecular complexity index is 370. The molecule has 106 valence electrons. The van der Waals surface area contributed by atoms with Crippen LogP contribution >= 0.6 is 0 Å². The molecule has 1 aromatic heterocycles. The lowest BCUT2D eigenvalue weighted by atomic mass is 9.85. The Hall–Kier alpha value is -1.16. The third-order valence-corrected chi connectivity index (χ3v) is 3.71. The van der Waals surface area contributed by atoms with E-state index in [1.54, 1.807) is 0 Å². The Labute approximate surface area is 116 Å². The van der Waals surface area contributed by atoms with Crippen molar-refractivity contribution >= 4 is 5.82 Å². The van der Waals surface area contributed by atoms with Crippen molar-refractivity contribution < 1.29 is 0 Å². The fraction of sp³-hybridized carbons (Fsp3) is 0.733. The van der Waals surface area contributed by atoms with E-state index in [9.17, 15) is 0 Å². The number of rotatable bonds is 7. The van der Waals surface area contributed by atoms with Gasteiger partial charge in [0, 0.05) is 20.1 Å². The summed E-state index contributed by atoms with van der Waals surface area (Å²) in [6.45, 7) is 7.34. The predicted octanol–water partition coefficient (Wildman–Crippen LogP) is 2.46. The van der Waals surface area contributed by atoms with Gasteiger partial charge in [-0.25, -0.2) is 0 Å². The highest BCUT2D eigenvalue weighted by atomic mass is 15.2. The van der Waals surface area contributed by atoms with Crippen LogP contribution in [0.5, 0.6) is 0 Å². The van der Waals surface area contributed by atoms with Gasteiger partial charge >= 0.3 is 0 Å². The van der Waals surface area contributed by atoms with Crippen molar-refractivity contribution in [1.29, 1.82) is 0 Å². The summed E-state index contributed by atoms with van der Waals surface area (Å²) in [5, 5.41) is 12.0. The van der Waals surface area contributed by atoms with Crippen molar-refractivity contribution in [3.63, 3.8) is 0 Å². The molecule has 0 aliphatic heterocycles. The van der Waals surface area contributed by atoms with Crippen LogP contribution in [0.3, 0.4) is 0 Å². The van der Waals surface area contributed by atoms with Crippen LogP contribution in [-0.2, 0) is 6.54 Å². The molecule has 1 aliphatic rings. The van der Waals surface area contributed by atoms with Crippen LogP contribution < -0.4 is 10.2 Å². The number of nitrogens with one attached hydrogen (secondary N) is 1. The van der Waals surface area contributed by atoms with Gasteiger partial charge in [-0.3, -0.25) is 0 Å². The van der Waals surface area contributed by atoms with Crippen LogP contribution in [0.15, 0.2) is 12.1 Å². The van der Waals surface area contributed by atoms with Crippen molar-refractivity contribution in [2.45, 2.75) is 39.7 Å². The number of nitrogens with zero attached hydrogens (tertiary/aromatic N) is 3. The molecule has 0 amide bonds. The molecule has 0 saturated heterocycles. The Morgan fingerprint density at radius 3 is 2.63 bits per heavy atom. The second-order valence-corrected chi connectivity index (χ2v) is 6.09. The second-order valence-electron chi connectivity index (χ2n) is 6.09. The number of anilines is 1. The van der Waals surface area contributed by atoms with Crippen molar-refractivity contribution in [1.82, 2.24) is 15.5 Å². The zero-order valence-corrected chi connectivity index (χ0v) is 12.4. The zero-order valence-electron chi connectivity index (χ0n) is 12.4. The molecule has 1 saturated carbocycles. The third-order valence-electron chi connectivity index (χ3n) is 3.71. The standard InChI is InChI=1S/C15H26N4/c1-12(2)9-16-10-14-7-8-15(18-17-14)19(3)11-13-5-4-6-13/h7-8,12-13,16H,4-6,9-11H2,1-3H3. The van der Waals surface area contributed by atoms with Crippen molar-refractivity contribution in [3.05, 3.63) is 17.8 Å². The van der Waals surface area contributed by atoms with Crippen LogP contribution in [0.4, 0.5) is 5.82 Å². The number of hydrogen-bond acceptors (Lipinski definition) is 4. The molecule has 0 bridgehead atoms. The van der Waals surface area contributed by atoms with E-state index in [1.165, 1.54) is 19.3 Å². The van der Waals surface area contributed by atoms with E-state index in [1.807, 2.05) is 0 Å². The lowest BCUT2D eigenvalue weighted by molar-refractivity contribution is 0.321. The average Bonchev–Trinajstić information content (AvgIpc) is 2.34. The van der Waals surface area contributed by atoms with Gasteiger partial charge in [-0.05, 0) is 43.4 Å². The highest BCUT2D eigenvalue weighted by Gasteiger charge is 2.19. The van der Waals surface area contributed by atoms with E-state index < -0.39 is 0 Å². The molecule has 2 rings (SSSR count). The van der Waals surface area contributed by atoms with E-state index in [0.29, 0.717) is 5.92 Å². The van der Waals surface area contributed by atoms with E-state index in [-0.39, 0.29) is 0 Å². The van der Waals surface area contributed by atoms with Gasteiger partial charge in [0.15, 0.2) is 5.82 Å². The molecule has 1 fully saturated rings. The van der Waals surface area contributed by atoms with Gasteiger partial charge in [0.2, 0.25) is 0 Å². The smallest absolute Gasteiger partial charge is 0.150 e. The van der Waals surface area contributed by atoms with Crippen LogP contribution in [0.1, 0.15) is 38.8 Å².